The van der Waals surface area contributed by atoms with Crippen LogP contribution in [-0.4, -0.2) is 11.9 Å². The Kier molecular flexibility index (Phi) is 5.03. The van der Waals surface area contributed by atoms with Gasteiger partial charge in [0.05, 0.1) is 11.3 Å². The summed E-state index contributed by atoms with van der Waals surface area (Å²) in [5, 5.41) is 0. The molecule has 0 bridgehead atoms. The first-order valence-electron chi connectivity index (χ1n) is 8.56. The average Bonchev–Trinajstić information content (AvgIpc) is 2.94. The largest absolute Gasteiger partial charge is 0.454 e. The summed E-state index contributed by atoms with van der Waals surface area (Å²) >= 11 is 0. The molecular weight excluding hydrogens is 316 g/mol. The highest BCUT2D eigenvalue weighted by atomic mass is 16.5. The van der Waals surface area contributed by atoms with E-state index in [4.69, 9.17) is 4.74 Å². The normalized spacial score (nSPS) is 15.4. The molecular formula is C20H22N2O3. The van der Waals surface area contributed by atoms with E-state index in [9.17, 15) is 9.59 Å². The Morgan fingerprint density at radius 2 is 1.92 bits per heavy atom. The molecule has 5 heteroatoms. The maximum atomic E-state index is 12.3. The van der Waals surface area contributed by atoms with Crippen molar-refractivity contribution in [3.05, 3.63) is 64.7 Å². The summed E-state index contributed by atoms with van der Waals surface area (Å²) in [6.07, 6.45) is 2.68. The second kappa shape index (κ2) is 7.38. The topological polar surface area (TPSA) is 67.4 Å². The molecule has 1 aliphatic heterocycles. The number of unbranched alkanes of at least 4 members (excludes halogenated alkanes) is 1. The number of carbonyl (C=O) groups is 2. The number of amides is 1. The van der Waals surface area contributed by atoms with E-state index in [-0.39, 0.29) is 18.0 Å². The number of fused-ring (bicyclic) bond motifs is 1. The van der Waals surface area contributed by atoms with Crippen molar-refractivity contribution >= 4 is 17.6 Å². The molecule has 0 saturated heterocycles. The second-order valence-electron chi connectivity index (χ2n) is 6.28. The lowest BCUT2D eigenvalue weighted by Crippen LogP contribution is -2.29. The summed E-state index contributed by atoms with van der Waals surface area (Å²) in [5.41, 5.74) is 9.24. The van der Waals surface area contributed by atoms with Gasteiger partial charge in [0, 0.05) is 11.1 Å². The van der Waals surface area contributed by atoms with Crippen molar-refractivity contribution in [2.45, 2.75) is 39.2 Å². The van der Waals surface area contributed by atoms with Crippen LogP contribution in [0.5, 0.6) is 0 Å². The molecule has 0 radical (unpaired) electrons. The van der Waals surface area contributed by atoms with Crippen molar-refractivity contribution in [3.8, 4) is 0 Å². The predicted molar refractivity (Wildman–Crippen MR) is 96.4 cm³/mol. The van der Waals surface area contributed by atoms with Gasteiger partial charge < -0.3 is 4.74 Å². The molecule has 1 atom stereocenters. The number of nitrogens with one attached hydrogen (secondary N) is 2. The molecule has 0 aliphatic carbocycles. The highest BCUT2D eigenvalue weighted by Crippen LogP contribution is 2.34. The van der Waals surface area contributed by atoms with Crippen LogP contribution in [0.3, 0.4) is 0 Å². The third-order valence-electron chi connectivity index (χ3n) is 4.32. The first kappa shape index (κ1) is 17.0. The van der Waals surface area contributed by atoms with Gasteiger partial charge in [-0.25, -0.2) is 4.79 Å². The summed E-state index contributed by atoms with van der Waals surface area (Å²) in [6.45, 7) is 4.10. The minimum Gasteiger partial charge on any atom is -0.454 e. The summed E-state index contributed by atoms with van der Waals surface area (Å²) in [4.78, 5) is 24.4. The fraction of sp³-hybridized carbons (Fsp3) is 0.300. The van der Waals surface area contributed by atoms with Gasteiger partial charge in [0.1, 0.15) is 6.10 Å². The maximum Gasteiger partial charge on any atom is 0.339 e. The highest BCUT2D eigenvalue weighted by Gasteiger charge is 2.31. The lowest BCUT2D eigenvalue weighted by atomic mass is 9.99. The Bertz CT molecular complexity index is 784. The van der Waals surface area contributed by atoms with Crippen molar-refractivity contribution in [2.24, 2.45) is 0 Å². The molecule has 130 valence electrons. The van der Waals surface area contributed by atoms with Crippen LogP contribution in [0.4, 0.5) is 5.69 Å². The molecule has 0 fully saturated rings. The fourth-order valence-corrected chi connectivity index (χ4v) is 2.85. The van der Waals surface area contributed by atoms with E-state index in [1.165, 1.54) is 0 Å². The molecule has 5 nitrogen and oxygen atoms in total. The van der Waals surface area contributed by atoms with Crippen LogP contribution in [0, 0.1) is 6.92 Å². The van der Waals surface area contributed by atoms with Crippen LogP contribution in [0.25, 0.3) is 0 Å². The van der Waals surface area contributed by atoms with Crippen LogP contribution in [0.15, 0.2) is 42.5 Å². The summed E-state index contributed by atoms with van der Waals surface area (Å²) in [7, 11) is 0. The average molecular weight is 338 g/mol. The summed E-state index contributed by atoms with van der Waals surface area (Å²) in [6, 6.07) is 12.8. The van der Waals surface area contributed by atoms with E-state index in [1.807, 2.05) is 37.3 Å². The number of ether oxygens (including phenoxy) is 1. The molecule has 25 heavy (non-hydrogen) atoms. The van der Waals surface area contributed by atoms with E-state index >= 15 is 0 Å². The number of esters is 1. The zero-order chi connectivity index (χ0) is 17.8. The van der Waals surface area contributed by atoms with Crippen molar-refractivity contribution in [1.82, 2.24) is 5.43 Å². The molecule has 0 spiro atoms. The number of hydrogen-bond acceptors (Lipinski definition) is 4. The zero-order valence-electron chi connectivity index (χ0n) is 14.5. The number of cyclic esters (lactones) is 1. The number of carbonyl (C=O) groups excluding carboxylic acids is 2. The van der Waals surface area contributed by atoms with Gasteiger partial charge in [-0.2, -0.15) is 0 Å². The quantitative estimate of drug-likeness (QED) is 0.613. The van der Waals surface area contributed by atoms with Gasteiger partial charge in [-0.05, 0) is 44.0 Å². The summed E-state index contributed by atoms with van der Waals surface area (Å²) in [5.74, 6) is -0.648. The number of anilines is 1. The van der Waals surface area contributed by atoms with E-state index in [2.05, 4.69) is 17.8 Å². The van der Waals surface area contributed by atoms with Crippen molar-refractivity contribution in [1.29, 1.82) is 0 Å². The van der Waals surface area contributed by atoms with Crippen LogP contribution >= 0.6 is 0 Å². The van der Waals surface area contributed by atoms with Gasteiger partial charge in [-0.1, -0.05) is 37.1 Å². The molecule has 1 amide bonds. The smallest absolute Gasteiger partial charge is 0.339 e. The lowest BCUT2D eigenvalue weighted by Gasteiger charge is -2.11. The van der Waals surface area contributed by atoms with Gasteiger partial charge in [0.15, 0.2) is 0 Å². The van der Waals surface area contributed by atoms with Gasteiger partial charge in [0.25, 0.3) is 5.91 Å². The van der Waals surface area contributed by atoms with Crippen molar-refractivity contribution in [3.63, 3.8) is 0 Å². The molecule has 2 aromatic rings. The Labute approximate surface area is 147 Å². The molecule has 3 rings (SSSR count). The first-order valence-corrected chi connectivity index (χ1v) is 8.56. The molecule has 0 aromatic heterocycles. The standard InChI is InChI=1S/C20H22N2O3/c1-3-4-5-18-16-11-8-14(12-17(16)20(24)25-18)19(23)22-21-15-9-6-13(2)7-10-15/h6-12,18,21H,3-5H2,1-2H3,(H,22,23). The number of hydrazine groups is 1. The Hall–Kier alpha value is -2.82. The molecule has 2 aromatic carbocycles. The fourth-order valence-electron chi connectivity index (χ4n) is 2.85. The Morgan fingerprint density at radius 1 is 1.16 bits per heavy atom. The molecule has 1 unspecified atom stereocenters. The molecule has 2 N–H and O–H groups in total. The molecule has 1 aliphatic rings. The minimum absolute atomic E-state index is 0.190. The third kappa shape index (κ3) is 3.82. The number of hydrogen-bond donors (Lipinski definition) is 2. The first-order chi connectivity index (χ1) is 12.1. The van der Waals surface area contributed by atoms with Gasteiger partial charge >= 0.3 is 5.97 Å². The van der Waals surface area contributed by atoms with Crippen molar-refractivity contribution < 1.29 is 14.3 Å². The van der Waals surface area contributed by atoms with Crippen LogP contribution < -0.4 is 10.9 Å². The van der Waals surface area contributed by atoms with E-state index < -0.39 is 0 Å². The third-order valence-corrected chi connectivity index (χ3v) is 4.32. The molecule has 1 heterocycles. The monoisotopic (exact) mass is 338 g/mol. The number of aryl methyl sites for hydroxylation is 1. The van der Waals surface area contributed by atoms with Gasteiger partial charge in [0.2, 0.25) is 0 Å². The zero-order valence-corrected chi connectivity index (χ0v) is 14.5. The van der Waals surface area contributed by atoms with Gasteiger partial charge in [-0.15, -0.1) is 0 Å². The highest BCUT2D eigenvalue weighted by molar-refractivity contribution is 6.00. The summed E-state index contributed by atoms with van der Waals surface area (Å²) < 4.78 is 5.42. The number of benzene rings is 2. The van der Waals surface area contributed by atoms with Crippen molar-refractivity contribution in [2.75, 3.05) is 5.43 Å². The lowest BCUT2D eigenvalue weighted by molar-refractivity contribution is 0.0364. The SMILES string of the molecule is CCCCC1OC(=O)c2cc(C(=O)NNc3ccc(C)cc3)ccc21. The van der Waals surface area contributed by atoms with Crippen LogP contribution in [-0.2, 0) is 4.74 Å². The van der Waals surface area contributed by atoms with E-state index in [0.29, 0.717) is 11.1 Å². The van der Waals surface area contributed by atoms with E-state index in [1.54, 1.807) is 12.1 Å². The minimum atomic E-state index is -0.350. The van der Waals surface area contributed by atoms with Crippen LogP contribution in [0.1, 0.15) is 64.1 Å². The van der Waals surface area contributed by atoms with E-state index in [0.717, 1.165) is 36.1 Å². The number of rotatable bonds is 6. The van der Waals surface area contributed by atoms with Crippen LogP contribution in [0.2, 0.25) is 0 Å². The maximum absolute atomic E-state index is 12.3. The second-order valence-corrected chi connectivity index (χ2v) is 6.28. The van der Waals surface area contributed by atoms with Gasteiger partial charge in [-0.3, -0.25) is 15.6 Å². The predicted octanol–water partition coefficient (Wildman–Crippen LogP) is 4.15. The Balaban J connectivity index is 1.69. The Morgan fingerprint density at radius 3 is 2.64 bits per heavy atom. The molecule has 0 saturated carbocycles.